The normalized spacial score (nSPS) is 17.7. The van der Waals surface area contributed by atoms with E-state index in [1.165, 1.54) is 22.8 Å². The van der Waals surface area contributed by atoms with Crippen LogP contribution in [0.5, 0.6) is 0 Å². The van der Waals surface area contributed by atoms with Gasteiger partial charge in [0.2, 0.25) is 0 Å². The summed E-state index contributed by atoms with van der Waals surface area (Å²) in [7, 11) is 0. The van der Waals surface area contributed by atoms with Gasteiger partial charge in [-0.1, -0.05) is 68.9 Å². The van der Waals surface area contributed by atoms with Gasteiger partial charge in [-0.15, -0.1) is 0 Å². The van der Waals surface area contributed by atoms with Gasteiger partial charge in [0.25, 0.3) is 23.6 Å². The summed E-state index contributed by atoms with van der Waals surface area (Å²) in [6.45, 7) is 1.78. The van der Waals surface area contributed by atoms with Crippen molar-refractivity contribution in [3.63, 3.8) is 0 Å². The molecule has 0 N–H and O–H groups in total. The predicted octanol–water partition coefficient (Wildman–Crippen LogP) is 14.3. The molecule has 6 aromatic carbocycles. The van der Waals surface area contributed by atoms with Crippen LogP contribution in [0.25, 0.3) is 65.8 Å². The summed E-state index contributed by atoms with van der Waals surface area (Å²) < 4.78 is 134. The van der Waals surface area contributed by atoms with Crippen LogP contribution in [-0.2, 0) is 18.5 Å². The quantitative estimate of drug-likeness (QED) is 0.130. The highest BCUT2D eigenvalue weighted by molar-refractivity contribution is 6.36. The van der Waals surface area contributed by atoms with Gasteiger partial charge in [0.15, 0.2) is 0 Å². The average Bonchev–Trinajstić information content (AvgIpc) is 3.83. The molecule has 0 spiro atoms. The van der Waals surface area contributed by atoms with E-state index in [0.29, 0.717) is 73.2 Å². The Bertz CT molecular complexity index is 3630. The number of rotatable bonds is 4. The van der Waals surface area contributed by atoms with Gasteiger partial charge in [0.05, 0.1) is 72.4 Å². The molecule has 0 bridgehead atoms. The van der Waals surface area contributed by atoms with Gasteiger partial charge in [0, 0.05) is 44.4 Å². The highest BCUT2D eigenvalue weighted by Crippen LogP contribution is 2.49. The molecule has 0 saturated heterocycles. The summed E-state index contributed by atoms with van der Waals surface area (Å²) in [6.07, 6.45) is -9.05. The minimum atomic E-state index is -4.93. The second-order valence-electron chi connectivity index (χ2n) is 19.3. The molecule has 8 nitrogen and oxygen atoms in total. The van der Waals surface area contributed by atoms with E-state index in [1.54, 1.807) is 25.1 Å². The molecule has 2 aromatic heterocycles. The monoisotopic (exact) mass is 978 g/mol. The summed E-state index contributed by atoms with van der Waals surface area (Å²) in [6, 6.07) is 15.0. The van der Waals surface area contributed by atoms with E-state index in [9.17, 15) is 39.5 Å². The lowest BCUT2D eigenvalue weighted by molar-refractivity contribution is -0.138. The molecule has 71 heavy (non-hydrogen) atoms. The molecule has 2 aliphatic carbocycles. The number of carbonyl (C=O) groups is 4. The number of halogens is 9. The van der Waals surface area contributed by atoms with Gasteiger partial charge in [-0.25, -0.2) is 0 Å². The molecule has 4 aliphatic rings. The summed E-state index contributed by atoms with van der Waals surface area (Å²) in [5.41, 5.74) is -4.12. The van der Waals surface area contributed by atoms with Crippen LogP contribution in [0.1, 0.15) is 128 Å². The lowest BCUT2D eigenvalue weighted by Gasteiger charge is -2.40. The number of nitrogens with zero attached hydrogens (tertiary/aromatic N) is 4. The Labute approximate surface area is 397 Å². The summed E-state index contributed by atoms with van der Waals surface area (Å²) in [4.78, 5) is 64.3. The number of carbonyl (C=O) groups excluding carboxylic acids is 4. The molecule has 4 heterocycles. The largest absolute Gasteiger partial charge is 0.416 e. The highest BCUT2D eigenvalue weighted by atomic mass is 19.4. The van der Waals surface area contributed by atoms with Gasteiger partial charge in [-0.05, 0) is 92.8 Å². The van der Waals surface area contributed by atoms with Crippen molar-refractivity contribution < 1.29 is 58.7 Å². The van der Waals surface area contributed by atoms with E-state index >= 15 is 19.2 Å². The van der Waals surface area contributed by atoms with Crippen molar-refractivity contribution in [2.75, 3.05) is 0 Å². The van der Waals surface area contributed by atoms with Crippen molar-refractivity contribution in [3.05, 3.63) is 129 Å². The van der Waals surface area contributed by atoms with Gasteiger partial charge in [-0.3, -0.25) is 29.0 Å². The lowest BCUT2D eigenvalue weighted by Crippen LogP contribution is -2.50. The third kappa shape index (κ3) is 6.66. The van der Waals surface area contributed by atoms with Crippen molar-refractivity contribution in [1.29, 1.82) is 0 Å². The second kappa shape index (κ2) is 15.4. The first-order valence-corrected chi connectivity index (χ1v) is 23.5. The van der Waals surface area contributed by atoms with Gasteiger partial charge >= 0.3 is 18.5 Å². The molecular formula is C54H39F9N4O4. The zero-order valence-corrected chi connectivity index (χ0v) is 37.6. The predicted molar refractivity (Wildman–Crippen MR) is 247 cm³/mol. The number of aromatic nitrogens is 2. The van der Waals surface area contributed by atoms with Crippen LogP contribution < -0.4 is 0 Å². The van der Waals surface area contributed by atoms with Crippen molar-refractivity contribution in [3.8, 4) is 11.4 Å². The lowest BCUT2D eigenvalue weighted by atomic mass is 9.81. The van der Waals surface area contributed by atoms with Gasteiger partial charge in [0.1, 0.15) is 0 Å². The SMILES string of the molecule is Cc1ccc2c3ccc(C(F)(F)F)cc3n(-c3cc4c5c(c(-n6c7cc(C(F)(F)F)ccc7c7ccc(C(F)(F)F)cc76)cc6c5c3C(=O)N(C3CCCCC3)C6=O)C(=O)N(C3CCCCC3)C4=O)c2c1. The number of fused-ring (bicyclic) bond motifs is 6. The third-order valence-corrected chi connectivity index (χ3v) is 15.2. The van der Waals surface area contributed by atoms with Crippen LogP contribution in [0, 0.1) is 6.92 Å². The molecule has 8 aromatic rings. The van der Waals surface area contributed by atoms with Gasteiger partial charge < -0.3 is 9.13 Å². The van der Waals surface area contributed by atoms with Crippen LogP contribution in [0.4, 0.5) is 39.5 Å². The summed E-state index contributed by atoms with van der Waals surface area (Å²) in [5, 5.41) is 0.672. The summed E-state index contributed by atoms with van der Waals surface area (Å²) in [5.74, 6) is -3.47. The van der Waals surface area contributed by atoms with Crippen molar-refractivity contribution in [2.24, 2.45) is 0 Å². The van der Waals surface area contributed by atoms with Crippen LogP contribution in [0.2, 0.25) is 0 Å². The molecular weight excluding hydrogens is 940 g/mol. The minimum absolute atomic E-state index is 0.0187. The van der Waals surface area contributed by atoms with Crippen LogP contribution in [0.3, 0.4) is 0 Å². The molecule has 4 amide bonds. The number of aryl methyl sites for hydroxylation is 1. The van der Waals surface area contributed by atoms with E-state index in [-0.39, 0.29) is 71.7 Å². The first-order valence-electron chi connectivity index (χ1n) is 23.5. The third-order valence-electron chi connectivity index (χ3n) is 15.2. The fraction of sp³-hybridized carbons (Fsp3) is 0.296. The minimum Gasteiger partial charge on any atom is -0.308 e. The molecule has 0 atom stereocenters. The molecule has 0 radical (unpaired) electrons. The molecule has 2 saturated carbocycles. The van der Waals surface area contributed by atoms with E-state index in [2.05, 4.69) is 0 Å². The van der Waals surface area contributed by atoms with Crippen LogP contribution in [-0.4, -0.2) is 54.6 Å². The van der Waals surface area contributed by atoms with Crippen LogP contribution in [0.15, 0.2) is 84.9 Å². The summed E-state index contributed by atoms with van der Waals surface area (Å²) >= 11 is 0. The zero-order valence-electron chi connectivity index (χ0n) is 37.6. The number of hydrogen-bond acceptors (Lipinski definition) is 4. The maximum atomic E-state index is 15.6. The molecule has 12 rings (SSSR count). The molecule has 0 unspecified atom stereocenters. The van der Waals surface area contributed by atoms with Crippen molar-refractivity contribution in [1.82, 2.24) is 18.9 Å². The second-order valence-corrected chi connectivity index (χ2v) is 19.3. The number of alkyl halides is 9. The Hall–Kier alpha value is -7.17. The Morgan fingerprint density at radius 1 is 0.408 bits per heavy atom. The van der Waals surface area contributed by atoms with Crippen molar-refractivity contribution >= 4 is 78.0 Å². The zero-order chi connectivity index (χ0) is 49.8. The van der Waals surface area contributed by atoms with E-state index in [1.807, 2.05) is 0 Å². The average molecular weight is 979 g/mol. The van der Waals surface area contributed by atoms with Gasteiger partial charge in [-0.2, -0.15) is 39.5 Å². The standard InChI is InChI=1S/C54H39F9N4O4/c1-26-12-16-32-33-17-13-27(52(55,56)57)21-39(33)66(38(32)20-26)42-24-36-45-44-37(49(69)64(50(70)46(42)44)30-8-4-2-5-9-30)25-43(47(45)51(71)65(48(36)68)31-10-6-3-7-11-31)67-40-22-28(53(58,59)60)14-18-34(40)35-19-15-29(23-41(35)67)54(61,62)63/h12-25,30-31H,2-11H2,1H3. The topological polar surface area (TPSA) is 84.6 Å². The number of amides is 4. The Balaban J connectivity index is 1.28. The van der Waals surface area contributed by atoms with Crippen molar-refractivity contribution in [2.45, 2.75) is 102 Å². The number of imide groups is 2. The fourth-order valence-electron chi connectivity index (χ4n) is 12.0. The molecule has 2 fully saturated rings. The van der Waals surface area contributed by atoms with E-state index in [0.717, 1.165) is 75.7 Å². The fourth-order valence-corrected chi connectivity index (χ4v) is 12.0. The Kier molecular flexibility index (Phi) is 9.77. The first-order chi connectivity index (χ1) is 33.7. The molecule has 362 valence electrons. The van der Waals surface area contributed by atoms with E-state index in [4.69, 9.17) is 0 Å². The molecule has 17 heteroatoms. The Morgan fingerprint density at radius 2 is 0.732 bits per heavy atom. The maximum absolute atomic E-state index is 15.6. The maximum Gasteiger partial charge on any atom is 0.416 e. The number of hydrogen-bond donors (Lipinski definition) is 0. The Morgan fingerprint density at radius 3 is 1.07 bits per heavy atom. The van der Waals surface area contributed by atoms with E-state index < -0.39 is 70.9 Å². The molecule has 2 aliphatic heterocycles. The first kappa shape index (κ1) is 45.0. The highest BCUT2D eigenvalue weighted by Gasteiger charge is 2.47. The number of benzene rings is 6. The van der Waals surface area contributed by atoms with Crippen LogP contribution >= 0.6 is 0 Å². The smallest absolute Gasteiger partial charge is 0.308 e.